The van der Waals surface area contributed by atoms with Crippen molar-refractivity contribution in [3.05, 3.63) is 76.9 Å². The summed E-state index contributed by atoms with van der Waals surface area (Å²) in [6.07, 6.45) is 1.69. The summed E-state index contributed by atoms with van der Waals surface area (Å²) in [4.78, 5) is 28.9. The number of amides is 2. The van der Waals surface area contributed by atoms with Crippen molar-refractivity contribution in [3.63, 3.8) is 0 Å². The van der Waals surface area contributed by atoms with Crippen LogP contribution in [0, 0.1) is 18.3 Å². The van der Waals surface area contributed by atoms with Crippen LogP contribution in [0.1, 0.15) is 36.7 Å². The van der Waals surface area contributed by atoms with Gasteiger partial charge in [0.1, 0.15) is 0 Å². The molecule has 11 heteroatoms. The number of aromatic nitrogens is 1. The van der Waals surface area contributed by atoms with E-state index in [0.717, 1.165) is 16.8 Å². The van der Waals surface area contributed by atoms with Gasteiger partial charge in [-0.3, -0.25) is 19.8 Å². The number of rotatable bonds is 9. The molecule has 0 aliphatic carbocycles. The van der Waals surface area contributed by atoms with Gasteiger partial charge in [0.2, 0.25) is 15.9 Å². The maximum absolute atomic E-state index is 12.9. The van der Waals surface area contributed by atoms with Crippen molar-refractivity contribution in [2.45, 2.75) is 32.6 Å². The first-order valence-electron chi connectivity index (χ1n) is 11.4. The number of pyridine rings is 1. The normalized spacial score (nSPS) is 12.6. The average molecular weight is 545 g/mol. The maximum Gasteiger partial charge on any atom is 0.257 e. The fourth-order valence-electron chi connectivity index (χ4n) is 3.51. The molecule has 1 unspecified atom stereocenters. The number of halogens is 1. The fraction of sp³-hybridized carbons (Fsp3) is 0.269. The zero-order valence-electron chi connectivity index (χ0n) is 20.9. The lowest BCUT2D eigenvalue weighted by Crippen LogP contribution is -2.43. The van der Waals surface area contributed by atoms with Crippen LogP contribution in [0.3, 0.4) is 0 Å². The minimum Gasteiger partial charge on any atom is -0.322 e. The number of hydrogen-bond donors (Lipinski definition) is 4. The Hall–Kier alpha value is -3.31. The van der Waals surface area contributed by atoms with E-state index in [1.807, 2.05) is 37.3 Å². The van der Waals surface area contributed by atoms with Gasteiger partial charge in [0, 0.05) is 29.9 Å². The van der Waals surface area contributed by atoms with E-state index in [9.17, 15) is 18.0 Å². The van der Waals surface area contributed by atoms with Crippen molar-refractivity contribution in [3.8, 4) is 11.3 Å². The van der Waals surface area contributed by atoms with Crippen molar-refractivity contribution in [1.29, 1.82) is 0 Å². The van der Waals surface area contributed by atoms with Gasteiger partial charge < -0.3 is 5.32 Å². The lowest BCUT2D eigenvalue weighted by atomic mass is 9.80. The minimum absolute atomic E-state index is 0.0373. The number of nitrogens with zero attached hydrogens (tertiary/aromatic N) is 1. The standard InChI is InChI=1S/C26H29ClN4O5S/c1-16-8-9-18(13-21(16)23-7-5-6-12-28-23)30-25(33)20-11-10-19(14-22(20)27)37(35,36)29-15-26(3,4)17(2)24(32)31-34/h5-14,17,29,34H,15H2,1-4H3,(H,30,33)(H,31,32). The first-order chi connectivity index (χ1) is 17.4. The van der Waals surface area contributed by atoms with Crippen molar-refractivity contribution in [2.75, 3.05) is 11.9 Å². The molecule has 1 heterocycles. The van der Waals surface area contributed by atoms with Gasteiger partial charge in [-0.15, -0.1) is 0 Å². The van der Waals surface area contributed by atoms with Crippen LogP contribution in [0.4, 0.5) is 5.69 Å². The molecule has 1 atom stereocenters. The van der Waals surface area contributed by atoms with E-state index in [2.05, 4.69) is 15.0 Å². The number of sulfonamides is 1. The molecule has 2 aromatic carbocycles. The summed E-state index contributed by atoms with van der Waals surface area (Å²) in [6.45, 7) is 6.84. The maximum atomic E-state index is 12.9. The number of hydrogen-bond acceptors (Lipinski definition) is 6. The molecule has 37 heavy (non-hydrogen) atoms. The summed E-state index contributed by atoms with van der Waals surface area (Å²) in [5.74, 6) is -1.79. The van der Waals surface area contributed by atoms with Crippen LogP contribution in [0.25, 0.3) is 11.3 Å². The van der Waals surface area contributed by atoms with Crippen LogP contribution in [0.5, 0.6) is 0 Å². The van der Waals surface area contributed by atoms with E-state index in [4.69, 9.17) is 16.8 Å². The van der Waals surface area contributed by atoms with Gasteiger partial charge in [0.25, 0.3) is 5.91 Å². The second-order valence-electron chi connectivity index (χ2n) is 9.35. The highest BCUT2D eigenvalue weighted by molar-refractivity contribution is 7.89. The molecular weight excluding hydrogens is 516 g/mol. The smallest absolute Gasteiger partial charge is 0.257 e. The van der Waals surface area contributed by atoms with E-state index in [1.165, 1.54) is 18.2 Å². The third-order valence-corrected chi connectivity index (χ3v) is 8.04. The molecule has 0 aliphatic heterocycles. The third-order valence-electron chi connectivity index (χ3n) is 6.33. The summed E-state index contributed by atoms with van der Waals surface area (Å²) in [5.41, 5.74) is 4.05. The lowest BCUT2D eigenvalue weighted by Gasteiger charge is -2.30. The summed E-state index contributed by atoms with van der Waals surface area (Å²) in [6, 6.07) is 14.8. The van der Waals surface area contributed by atoms with Crippen LogP contribution >= 0.6 is 11.6 Å². The molecule has 9 nitrogen and oxygen atoms in total. The van der Waals surface area contributed by atoms with Gasteiger partial charge in [-0.25, -0.2) is 18.6 Å². The monoisotopic (exact) mass is 544 g/mol. The lowest BCUT2D eigenvalue weighted by molar-refractivity contribution is -0.136. The van der Waals surface area contributed by atoms with Crippen molar-refractivity contribution in [2.24, 2.45) is 11.3 Å². The molecule has 2 amide bonds. The molecule has 1 aromatic heterocycles. The number of carbonyl (C=O) groups excluding carboxylic acids is 2. The Morgan fingerprint density at radius 3 is 2.46 bits per heavy atom. The van der Waals surface area contributed by atoms with Gasteiger partial charge in [0.05, 0.1) is 21.2 Å². The van der Waals surface area contributed by atoms with E-state index in [0.29, 0.717) is 5.69 Å². The van der Waals surface area contributed by atoms with Crippen LogP contribution in [0.15, 0.2) is 65.7 Å². The topological polar surface area (TPSA) is 137 Å². The quantitative estimate of drug-likeness (QED) is 0.232. The number of hydroxylamine groups is 1. The number of anilines is 1. The molecule has 0 spiro atoms. The first-order valence-corrected chi connectivity index (χ1v) is 13.3. The molecule has 0 radical (unpaired) electrons. The van der Waals surface area contributed by atoms with Crippen LogP contribution in [-0.4, -0.2) is 37.0 Å². The number of carbonyl (C=O) groups is 2. The van der Waals surface area contributed by atoms with Crippen LogP contribution in [-0.2, 0) is 14.8 Å². The SMILES string of the molecule is Cc1ccc(NC(=O)c2ccc(S(=O)(=O)NCC(C)(C)C(C)C(=O)NO)cc2Cl)cc1-c1ccccn1. The molecule has 3 aromatic rings. The highest BCUT2D eigenvalue weighted by Gasteiger charge is 2.33. The molecule has 4 N–H and O–H groups in total. The van der Waals surface area contributed by atoms with E-state index < -0.39 is 33.2 Å². The Balaban J connectivity index is 1.76. The van der Waals surface area contributed by atoms with Gasteiger partial charge in [-0.05, 0) is 60.4 Å². The van der Waals surface area contributed by atoms with Crippen LogP contribution in [0.2, 0.25) is 5.02 Å². The Bertz CT molecular complexity index is 1410. The molecular formula is C26H29ClN4O5S. The second-order valence-corrected chi connectivity index (χ2v) is 11.5. The zero-order valence-corrected chi connectivity index (χ0v) is 22.4. The van der Waals surface area contributed by atoms with Crippen molar-refractivity contribution in [1.82, 2.24) is 15.2 Å². The molecule has 0 saturated heterocycles. The van der Waals surface area contributed by atoms with Crippen LogP contribution < -0.4 is 15.5 Å². The minimum atomic E-state index is -3.99. The summed E-state index contributed by atoms with van der Waals surface area (Å²) in [5, 5.41) is 11.6. The predicted molar refractivity (Wildman–Crippen MR) is 142 cm³/mol. The van der Waals surface area contributed by atoms with E-state index in [1.54, 1.807) is 38.5 Å². The summed E-state index contributed by atoms with van der Waals surface area (Å²) in [7, 11) is -3.99. The Labute approximate surface area is 221 Å². The zero-order chi connectivity index (χ0) is 27.4. The molecule has 0 aliphatic rings. The Kier molecular flexibility index (Phi) is 8.70. The molecule has 196 valence electrons. The highest BCUT2D eigenvalue weighted by Crippen LogP contribution is 2.28. The Morgan fingerprint density at radius 1 is 1.11 bits per heavy atom. The Morgan fingerprint density at radius 2 is 1.84 bits per heavy atom. The molecule has 0 fully saturated rings. The largest absolute Gasteiger partial charge is 0.322 e. The first kappa shape index (κ1) is 28.3. The van der Waals surface area contributed by atoms with E-state index in [-0.39, 0.29) is 22.0 Å². The van der Waals surface area contributed by atoms with Gasteiger partial charge in [0.15, 0.2) is 0 Å². The summed E-state index contributed by atoms with van der Waals surface area (Å²) < 4.78 is 28.2. The fourth-order valence-corrected chi connectivity index (χ4v) is 5.09. The van der Waals surface area contributed by atoms with Gasteiger partial charge in [-0.2, -0.15) is 0 Å². The average Bonchev–Trinajstić information content (AvgIpc) is 2.88. The molecule has 0 saturated carbocycles. The number of nitrogens with one attached hydrogen (secondary N) is 3. The van der Waals surface area contributed by atoms with Crippen molar-refractivity contribution >= 4 is 39.1 Å². The van der Waals surface area contributed by atoms with Gasteiger partial charge in [-0.1, -0.05) is 44.5 Å². The third kappa shape index (κ3) is 6.72. The van der Waals surface area contributed by atoms with E-state index >= 15 is 0 Å². The summed E-state index contributed by atoms with van der Waals surface area (Å²) >= 11 is 6.31. The van der Waals surface area contributed by atoms with Crippen molar-refractivity contribution < 1.29 is 23.2 Å². The molecule has 3 rings (SSSR count). The second kappa shape index (κ2) is 11.4. The number of benzene rings is 2. The van der Waals surface area contributed by atoms with Gasteiger partial charge >= 0.3 is 0 Å². The highest BCUT2D eigenvalue weighted by atomic mass is 35.5. The predicted octanol–water partition coefficient (Wildman–Crippen LogP) is 4.41. The number of aryl methyl sites for hydroxylation is 1. The molecule has 0 bridgehead atoms.